The highest BCUT2D eigenvalue weighted by molar-refractivity contribution is 5.77. The Morgan fingerprint density at radius 3 is 2.60 bits per heavy atom. The highest BCUT2D eigenvalue weighted by Crippen LogP contribution is 2.44. The van der Waals surface area contributed by atoms with Gasteiger partial charge in [-0.15, -0.1) is 0 Å². The van der Waals surface area contributed by atoms with E-state index in [2.05, 4.69) is 9.88 Å². The van der Waals surface area contributed by atoms with Crippen molar-refractivity contribution in [3.63, 3.8) is 0 Å². The van der Waals surface area contributed by atoms with Crippen LogP contribution in [0, 0.1) is 0 Å². The Morgan fingerprint density at radius 1 is 1.20 bits per heavy atom. The van der Waals surface area contributed by atoms with E-state index in [1.807, 2.05) is 0 Å². The van der Waals surface area contributed by atoms with E-state index in [0.717, 1.165) is 50.0 Å². The van der Waals surface area contributed by atoms with Crippen molar-refractivity contribution >= 4 is 11.9 Å². The van der Waals surface area contributed by atoms with Crippen LogP contribution < -0.4 is 10.5 Å². The molecule has 4 rings (SSSR count). The summed E-state index contributed by atoms with van der Waals surface area (Å²) < 4.78 is 5.38. The van der Waals surface area contributed by atoms with Gasteiger partial charge in [0.15, 0.2) is 0 Å². The van der Waals surface area contributed by atoms with Crippen LogP contribution >= 0.6 is 0 Å². The van der Waals surface area contributed by atoms with E-state index < -0.39 is 6.61 Å². The number of carbonyl (C=O) groups excluding carboxylic acids is 1. The van der Waals surface area contributed by atoms with Gasteiger partial charge in [-0.3, -0.25) is 14.6 Å². The number of hydrogen-bond acceptors (Lipinski definition) is 6. The predicted molar refractivity (Wildman–Crippen MR) is 90.8 cm³/mol. The first-order valence-electron chi connectivity index (χ1n) is 8.98. The number of ether oxygens (including phenoxy) is 1. The average molecular weight is 348 g/mol. The standard InChI is InChI=1S/C17H24N4O4/c22-11-13(23)20-5-3-17(4-6-20)2-1-12-14(17)18-16(19-15(12)24)21-7-9-25-10-8-21/h22H,1-11H2,(H,18,19,24). The molecule has 0 aromatic carbocycles. The van der Waals surface area contributed by atoms with Gasteiger partial charge in [0.25, 0.3) is 5.56 Å². The van der Waals surface area contributed by atoms with Gasteiger partial charge in [0.2, 0.25) is 11.9 Å². The fourth-order valence-corrected chi connectivity index (χ4v) is 4.34. The first-order chi connectivity index (χ1) is 12.1. The van der Waals surface area contributed by atoms with Crippen LogP contribution in [0.3, 0.4) is 0 Å². The van der Waals surface area contributed by atoms with E-state index in [0.29, 0.717) is 32.3 Å². The molecule has 0 unspecified atom stereocenters. The SMILES string of the molecule is O=C(CO)N1CCC2(CCc3c2nc(N2CCOCC2)[nH]c3=O)CC1. The molecule has 2 fully saturated rings. The van der Waals surface area contributed by atoms with E-state index in [1.165, 1.54) is 0 Å². The van der Waals surface area contributed by atoms with E-state index in [-0.39, 0.29) is 16.9 Å². The van der Waals surface area contributed by atoms with Gasteiger partial charge in [0, 0.05) is 37.2 Å². The van der Waals surface area contributed by atoms with Gasteiger partial charge >= 0.3 is 0 Å². The molecule has 8 heteroatoms. The Balaban J connectivity index is 1.62. The number of aliphatic hydroxyl groups is 1. The average Bonchev–Trinajstić information content (AvgIpc) is 3.01. The van der Waals surface area contributed by atoms with E-state index in [1.54, 1.807) is 4.90 Å². The molecule has 1 aromatic heterocycles. The number of amides is 1. The van der Waals surface area contributed by atoms with Crippen LogP contribution in [0.1, 0.15) is 30.5 Å². The van der Waals surface area contributed by atoms with Crippen LogP contribution in [0.2, 0.25) is 0 Å². The number of aliphatic hydroxyl groups excluding tert-OH is 1. The topological polar surface area (TPSA) is 98.8 Å². The molecule has 136 valence electrons. The number of anilines is 1. The molecule has 1 amide bonds. The molecule has 0 bridgehead atoms. The molecule has 3 heterocycles. The van der Waals surface area contributed by atoms with Crippen LogP contribution in [0.5, 0.6) is 0 Å². The van der Waals surface area contributed by atoms with Gasteiger partial charge in [-0.05, 0) is 25.7 Å². The Morgan fingerprint density at radius 2 is 1.92 bits per heavy atom. The quantitative estimate of drug-likeness (QED) is 0.741. The van der Waals surface area contributed by atoms with Crippen molar-refractivity contribution in [1.29, 1.82) is 0 Å². The molecule has 25 heavy (non-hydrogen) atoms. The predicted octanol–water partition coefficient (Wildman–Crippen LogP) is -0.595. The van der Waals surface area contributed by atoms with Crippen LogP contribution in [0.25, 0.3) is 0 Å². The third kappa shape index (κ3) is 2.83. The second-order valence-electron chi connectivity index (χ2n) is 7.14. The second kappa shape index (κ2) is 6.42. The maximum atomic E-state index is 12.6. The number of rotatable bonds is 2. The highest BCUT2D eigenvalue weighted by atomic mass is 16.5. The van der Waals surface area contributed by atoms with Crippen molar-refractivity contribution in [3.8, 4) is 0 Å². The summed E-state index contributed by atoms with van der Waals surface area (Å²) in [5.74, 6) is 0.420. The van der Waals surface area contributed by atoms with Gasteiger partial charge < -0.3 is 19.6 Å². The number of aromatic nitrogens is 2. The molecule has 8 nitrogen and oxygen atoms in total. The smallest absolute Gasteiger partial charge is 0.255 e. The molecule has 0 radical (unpaired) electrons. The first kappa shape index (κ1) is 16.5. The van der Waals surface area contributed by atoms with E-state index >= 15 is 0 Å². The zero-order chi connectivity index (χ0) is 17.4. The number of hydrogen-bond donors (Lipinski definition) is 2. The van der Waals surface area contributed by atoms with Crippen LogP contribution in [0.15, 0.2) is 4.79 Å². The number of morpholine rings is 1. The minimum absolute atomic E-state index is 0.0303. The fraction of sp³-hybridized carbons (Fsp3) is 0.706. The lowest BCUT2D eigenvalue weighted by Gasteiger charge is -2.39. The molecule has 1 aromatic rings. The van der Waals surface area contributed by atoms with Gasteiger partial charge in [0.1, 0.15) is 6.61 Å². The van der Waals surface area contributed by atoms with Crippen molar-refractivity contribution in [1.82, 2.24) is 14.9 Å². The van der Waals surface area contributed by atoms with Gasteiger partial charge in [-0.1, -0.05) is 0 Å². The number of nitrogens with one attached hydrogen (secondary N) is 1. The first-order valence-corrected chi connectivity index (χ1v) is 8.98. The zero-order valence-electron chi connectivity index (χ0n) is 14.3. The molecular formula is C17H24N4O4. The largest absolute Gasteiger partial charge is 0.387 e. The third-order valence-corrected chi connectivity index (χ3v) is 5.88. The fourth-order valence-electron chi connectivity index (χ4n) is 4.34. The summed E-state index contributed by atoms with van der Waals surface area (Å²) in [7, 11) is 0. The maximum Gasteiger partial charge on any atom is 0.255 e. The Hall–Kier alpha value is -1.93. The number of likely N-dealkylation sites (tertiary alicyclic amines) is 1. The number of nitrogens with zero attached hydrogens (tertiary/aromatic N) is 3. The van der Waals surface area contributed by atoms with Crippen LogP contribution in [-0.4, -0.2) is 71.9 Å². The van der Waals surface area contributed by atoms with E-state index in [9.17, 15) is 9.59 Å². The summed E-state index contributed by atoms with van der Waals surface area (Å²) in [5.41, 5.74) is 1.58. The minimum Gasteiger partial charge on any atom is -0.387 e. The zero-order valence-corrected chi connectivity index (χ0v) is 14.3. The van der Waals surface area contributed by atoms with Crippen molar-refractivity contribution in [2.24, 2.45) is 0 Å². The van der Waals surface area contributed by atoms with Crippen molar-refractivity contribution < 1.29 is 14.6 Å². The van der Waals surface area contributed by atoms with Gasteiger partial charge in [-0.2, -0.15) is 0 Å². The Labute approximate surface area is 145 Å². The Kier molecular flexibility index (Phi) is 4.24. The van der Waals surface area contributed by atoms with E-state index in [4.69, 9.17) is 14.8 Å². The molecular weight excluding hydrogens is 324 g/mol. The molecule has 0 atom stereocenters. The molecule has 0 saturated carbocycles. The summed E-state index contributed by atoms with van der Waals surface area (Å²) in [6.07, 6.45) is 3.25. The molecule has 2 aliphatic heterocycles. The number of H-pyrrole nitrogens is 1. The normalized spacial score (nSPS) is 22.3. The number of fused-ring (bicyclic) bond motifs is 2. The highest BCUT2D eigenvalue weighted by Gasteiger charge is 2.44. The summed E-state index contributed by atoms with van der Waals surface area (Å²) in [6.45, 7) is 3.53. The summed E-state index contributed by atoms with van der Waals surface area (Å²) in [5, 5.41) is 9.05. The Bertz CT molecular complexity index is 718. The number of carbonyl (C=O) groups is 1. The molecule has 2 N–H and O–H groups in total. The summed E-state index contributed by atoms with van der Waals surface area (Å²) in [6, 6.07) is 0. The summed E-state index contributed by atoms with van der Waals surface area (Å²) in [4.78, 5) is 35.9. The molecule has 1 spiro atoms. The lowest BCUT2D eigenvalue weighted by atomic mass is 9.76. The molecule has 3 aliphatic rings. The lowest BCUT2D eigenvalue weighted by Crippen LogP contribution is -2.46. The minimum atomic E-state index is -0.442. The van der Waals surface area contributed by atoms with Crippen molar-refractivity contribution in [2.45, 2.75) is 31.1 Å². The van der Waals surface area contributed by atoms with Crippen LogP contribution in [0.4, 0.5) is 5.95 Å². The number of aromatic amines is 1. The lowest BCUT2D eigenvalue weighted by molar-refractivity contribution is -0.135. The van der Waals surface area contributed by atoms with Crippen molar-refractivity contribution in [3.05, 3.63) is 21.6 Å². The maximum absolute atomic E-state index is 12.6. The monoisotopic (exact) mass is 348 g/mol. The molecule has 1 aliphatic carbocycles. The second-order valence-corrected chi connectivity index (χ2v) is 7.14. The van der Waals surface area contributed by atoms with Gasteiger partial charge in [0.05, 0.1) is 18.9 Å². The number of piperidine rings is 1. The van der Waals surface area contributed by atoms with Gasteiger partial charge in [-0.25, -0.2) is 4.98 Å². The van der Waals surface area contributed by atoms with Crippen molar-refractivity contribution in [2.75, 3.05) is 50.9 Å². The van der Waals surface area contributed by atoms with Crippen LogP contribution in [-0.2, 0) is 21.4 Å². The summed E-state index contributed by atoms with van der Waals surface area (Å²) >= 11 is 0. The molecule has 2 saturated heterocycles. The third-order valence-electron chi connectivity index (χ3n) is 5.88.